The van der Waals surface area contributed by atoms with Crippen molar-refractivity contribution in [1.29, 1.82) is 0 Å². The lowest BCUT2D eigenvalue weighted by Crippen LogP contribution is -2.32. The summed E-state index contributed by atoms with van der Waals surface area (Å²) in [6, 6.07) is 6.05. The van der Waals surface area contributed by atoms with Gasteiger partial charge in [0.2, 0.25) is 0 Å². The molecule has 3 nitrogen and oxygen atoms in total. The Hall–Kier alpha value is -1.29. The lowest BCUT2D eigenvalue weighted by atomic mass is 10.2. The van der Waals surface area contributed by atoms with Gasteiger partial charge < -0.3 is 15.0 Å². The van der Waals surface area contributed by atoms with Crippen LogP contribution in [0.15, 0.2) is 18.2 Å². The highest BCUT2D eigenvalue weighted by atomic mass is 32.1. The minimum absolute atomic E-state index is 0.798. The molecular weight excluding hydrogens is 232 g/mol. The van der Waals surface area contributed by atoms with E-state index in [0.29, 0.717) is 0 Å². The van der Waals surface area contributed by atoms with Gasteiger partial charge in [-0.15, -0.1) is 0 Å². The molecule has 1 aliphatic rings. The van der Waals surface area contributed by atoms with Gasteiger partial charge in [0.05, 0.1) is 12.8 Å². The molecule has 0 bridgehead atoms. The Morgan fingerprint density at radius 1 is 1.35 bits per heavy atom. The maximum absolute atomic E-state index is 5.41. The SMILES string of the molecule is COc1ccc(C)cc1NC(=S)N1CCCC1. The van der Waals surface area contributed by atoms with Gasteiger partial charge in [-0.2, -0.15) is 0 Å². The second-order valence-electron chi connectivity index (χ2n) is 4.33. The molecule has 1 aliphatic heterocycles. The first-order chi connectivity index (χ1) is 8.20. The summed E-state index contributed by atoms with van der Waals surface area (Å²) in [5.41, 5.74) is 2.14. The van der Waals surface area contributed by atoms with Gasteiger partial charge in [-0.1, -0.05) is 6.07 Å². The van der Waals surface area contributed by atoms with Crippen LogP contribution in [0.1, 0.15) is 18.4 Å². The molecule has 0 spiro atoms. The minimum Gasteiger partial charge on any atom is -0.495 e. The molecule has 0 aromatic heterocycles. The van der Waals surface area contributed by atoms with Crippen LogP contribution in [0, 0.1) is 6.92 Å². The van der Waals surface area contributed by atoms with Gasteiger partial charge in [-0.05, 0) is 49.7 Å². The molecule has 2 rings (SSSR count). The van der Waals surface area contributed by atoms with Crippen molar-refractivity contribution in [2.45, 2.75) is 19.8 Å². The lowest BCUT2D eigenvalue weighted by molar-refractivity contribution is 0.416. The maximum atomic E-state index is 5.41. The number of hydrogen-bond donors (Lipinski definition) is 1. The molecule has 92 valence electrons. The fourth-order valence-corrected chi connectivity index (χ4v) is 2.33. The second-order valence-corrected chi connectivity index (χ2v) is 4.71. The van der Waals surface area contributed by atoms with Gasteiger partial charge in [-0.3, -0.25) is 0 Å². The average molecular weight is 250 g/mol. The van der Waals surface area contributed by atoms with E-state index in [1.54, 1.807) is 7.11 Å². The Bertz CT molecular complexity index is 414. The molecule has 0 saturated carbocycles. The van der Waals surface area contributed by atoms with Gasteiger partial charge in [0.1, 0.15) is 5.75 Å². The zero-order valence-corrected chi connectivity index (χ0v) is 11.1. The van der Waals surface area contributed by atoms with Crippen LogP contribution in [0.2, 0.25) is 0 Å². The Balaban J connectivity index is 2.11. The van der Waals surface area contributed by atoms with Crippen molar-refractivity contribution in [2.75, 3.05) is 25.5 Å². The van der Waals surface area contributed by atoms with Crippen molar-refractivity contribution in [3.05, 3.63) is 23.8 Å². The molecule has 4 heteroatoms. The lowest BCUT2D eigenvalue weighted by Gasteiger charge is -2.21. The fourth-order valence-electron chi connectivity index (χ4n) is 2.03. The normalized spacial score (nSPS) is 14.8. The van der Waals surface area contributed by atoms with Crippen LogP contribution in [0.5, 0.6) is 5.75 Å². The van der Waals surface area contributed by atoms with Crippen molar-refractivity contribution >= 4 is 23.0 Å². The van der Waals surface area contributed by atoms with Crippen LogP contribution < -0.4 is 10.1 Å². The number of nitrogens with zero attached hydrogens (tertiary/aromatic N) is 1. The van der Waals surface area contributed by atoms with E-state index < -0.39 is 0 Å². The maximum Gasteiger partial charge on any atom is 0.173 e. The van der Waals surface area contributed by atoms with Crippen LogP contribution in [-0.4, -0.2) is 30.2 Å². The number of anilines is 1. The third-order valence-corrected chi connectivity index (χ3v) is 3.35. The number of hydrogen-bond acceptors (Lipinski definition) is 2. The number of likely N-dealkylation sites (tertiary alicyclic amines) is 1. The topological polar surface area (TPSA) is 24.5 Å². The molecule has 0 unspecified atom stereocenters. The third kappa shape index (κ3) is 2.88. The van der Waals surface area contributed by atoms with Crippen molar-refractivity contribution in [1.82, 2.24) is 4.90 Å². The van der Waals surface area contributed by atoms with E-state index in [9.17, 15) is 0 Å². The summed E-state index contributed by atoms with van der Waals surface area (Å²) in [4.78, 5) is 2.21. The first-order valence-corrected chi connectivity index (χ1v) is 6.32. The number of aryl methyl sites for hydroxylation is 1. The van der Waals surface area contributed by atoms with Gasteiger partial charge in [-0.25, -0.2) is 0 Å². The molecule has 1 heterocycles. The number of ether oxygens (including phenoxy) is 1. The Morgan fingerprint density at radius 2 is 2.06 bits per heavy atom. The van der Waals surface area contributed by atoms with E-state index in [4.69, 9.17) is 17.0 Å². The van der Waals surface area contributed by atoms with Crippen LogP contribution in [0.4, 0.5) is 5.69 Å². The second kappa shape index (κ2) is 5.36. The highest BCUT2D eigenvalue weighted by Crippen LogP contribution is 2.25. The van der Waals surface area contributed by atoms with Gasteiger partial charge >= 0.3 is 0 Å². The minimum atomic E-state index is 0.798. The number of benzene rings is 1. The van der Waals surface area contributed by atoms with Crippen molar-refractivity contribution in [3.63, 3.8) is 0 Å². The molecule has 0 amide bonds. The van der Waals surface area contributed by atoms with E-state index in [2.05, 4.69) is 23.2 Å². The summed E-state index contributed by atoms with van der Waals surface area (Å²) >= 11 is 5.41. The first-order valence-electron chi connectivity index (χ1n) is 5.91. The Morgan fingerprint density at radius 3 is 2.71 bits per heavy atom. The Kier molecular flexibility index (Phi) is 3.84. The van der Waals surface area contributed by atoms with Crippen LogP contribution in [0.3, 0.4) is 0 Å². The van der Waals surface area contributed by atoms with Crippen molar-refractivity contribution in [2.24, 2.45) is 0 Å². The number of thiocarbonyl (C=S) groups is 1. The number of rotatable bonds is 2. The number of nitrogens with one attached hydrogen (secondary N) is 1. The Labute approximate surface area is 108 Å². The molecule has 1 aromatic carbocycles. The number of methoxy groups -OCH3 is 1. The molecule has 1 saturated heterocycles. The summed E-state index contributed by atoms with van der Waals surface area (Å²) in [5.74, 6) is 0.831. The third-order valence-electron chi connectivity index (χ3n) is 2.99. The van der Waals surface area contributed by atoms with E-state index in [1.165, 1.54) is 18.4 Å². The molecule has 17 heavy (non-hydrogen) atoms. The molecular formula is C13H18N2OS. The summed E-state index contributed by atoms with van der Waals surface area (Å²) in [7, 11) is 1.68. The van der Waals surface area contributed by atoms with E-state index in [1.807, 2.05) is 12.1 Å². The molecule has 0 aliphatic carbocycles. The standard InChI is InChI=1S/C13H18N2OS/c1-10-5-6-12(16-2)11(9-10)14-13(17)15-7-3-4-8-15/h5-6,9H,3-4,7-8H2,1-2H3,(H,14,17). The average Bonchev–Trinajstić information content (AvgIpc) is 2.83. The highest BCUT2D eigenvalue weighted by Gasteiger charge is 2.15. The monoisotopic (exact) mass is 250 g/mol. The molecule has 1 aromatic rings. The quantitative estimate of drug-likeness (QED) is 0.816. The summed E-state index contributed by atoms with van der Waals surface area (Å²) < 4.78 is 5.32. The highest BCUT2D eigenvalue weighted by molar-refractivity contribution is 7.80. The summed E-state index contributed by atoms with van der Waals surface area (Å²) in [5, 5.41) is 4.07. The van der Waals surface area contributed by atoms with Gasteiger partial charge in [0.15, 0.2) is 5.11 Å². The van der Waals surface area contributed by atoms with Gasteiger partial charge in [0.25, 0.3) is 0 Å². The van der Waals surface area contributed by atoms with Crippen LogP contribution in [-0.2, 0) is 0 Å². The largest absolute Gasteiger partial charge is 0.495 e. The summed E-state index contributed by atoms with van der Waals surface area (Å²) in [6.45, 7) is 4.17. The predicted octanol–water partition coefficient (Wildman–Crippen LogP) is 2.80. The zero-order valence-electron chi connectivity index (χ0n) is 10.3. The van der Waals surface area contributed by atoms with Crippen molar-refractivity contribution in [3.8, 4) is 5.75 Å². The summed E-state index contributed by atoms with van der Waals surface area (Å²) in [6.07, 6.45) is 2.46. The van der Waals surface area contributed by atoms with Crippen LogP contribution >= 0.6 is 12.2 Å². The molecule has 1 fully saturated rings. The first kappa shape index (κ1) is 12.2. The molecule has 1 N–H and O–H groups in total. The van der Waals surface area contributed by atoms with Crippen molar-refractivity contribution < 1.29 is 4.74 Å². The van der Waals surface area contributed by atoms with E-state index in [0.717, 1.165) is 29.6 Å². The van der Waals surface area contributed by atoms with E-state index >= 15 is 0 Å². The van der Waals surface area contributed by atoms with Crippen LogP contribution in [0.25, 0.3) is 0 Å². The fraction of sp³-hybridized carbons (Fsp3) is 0.462. The molecule has 0 atom stereocenters. The predicted molar refractivity (Wildman–Crippen MR) is 74.8 cm³/mol. The zero-order chi connectivity index (χ0) is 12.3. The smallest absolute Gasteiger partial charge is 0.173 e. The molecule has 0 radical (unpaired) electrons. The van der Waals surface area contributed by atoms with Gasteiger partial charge in [0, 0.05) is 13.1 Å². The van der Waals surface area contributed by atoms with E-state index in [-0.39, 0.29) is 0 Å².